The molecule has 9 nitrogen and oxygen atoms in total. The fraction of sp³-hybridized carbons (Fsp3) is 0.440. The Morgan fingerprint density at radius 1 is 1.28 bits per heavy atom. The number of fused-ring (bicyclic) bond motifs is 3. The molecule has 0 aromatic heterocycles. The van der Waals surface area contributed by atoms with Crippen molar-refractivity contribution in [1.82, 2.24) is 10.2 Å². The van der Waals surface area contributed by atoms with E-state index in [9.17, 15) is 27.8 Å². The van der Waals surface area contributed by atoms with E-state index >= 15 is 0 Å². The molecule has 2 aromatic carbocycles. The van der Waals surface area contributed by atoms with Crippen molar-refractivity contribution in [2.24, 2.45) is 11.8 Å². The van der Waals surface area contributed by atoms with Gasteiger partial charge in [0.1, 0.15) is 17.1 Å². The van der Waals surface area contributed by atoms with E-state index in [2.05, 4.69) is 10.2 Å². The van der Waals surface area contributed by atoms with Crippen molar-refractivity contribution in [2.45, 2.75) is 32.2 Å². The highest BCUT2D eigenvalue weighted by Gasteiger charge is 2.46. The summed E-state index contributed by atoms with van der Waals surface area (Å²) in [6.07, 6.45) is 1.64. The van der Waals surface area contributed by atoms with Crippen molar-refractivity contribution in [1.29, 1.82) is 0 Å². The smallest absolute Gasteiger partial charge is 0.341 e. The summed E-state index contributed by atoms with van der Waals surface area (Å²) in [5.41, 5.74) is 0.871. The number of nitrogens with one attached hydrogen (secondary N) is 1. The van der Waals surface area contributed by atoms with Gasteiger partial charge in [0.25, 0.3) is 11.3 Å². The highest BCUT2D eigenvalue weighted by Crippen LogP contribution is 2.56. The Morgan fingerprint density at radius 3 is 2.75 bits per heavy atom. The van der Waals surface area contributed by atoms with Crippen LogP contribution in [0.5, 0.6) is 5.75 Å². The van der Waals surface area contributed by atoms with Crippen LogP contribution in [-0.4, -0.2) is 56.9 Å². The summed E-state index contributed by atoms with van der Waals surface area (Å²) < 4.78 is 43.8. The number of hydrogen-bond donors (Lipinski definition) is 3. The van der Waals surface area contributed by atoms with E-state index in [1.54, 1.807) is 6.07 Å². The fourth-order valence-corrected chi connectivity index (χ4v) is 5.93. The number of carbonyl (C=O) groups excluding carboxylic acids is 1. The quantitative estimate of drug-likeness (QED) is 0.460. The topological polar surface area (TPSA) is 119 Å². The molecule has 1 amide bonds. The molecule has 2 aliphatic heterocycles. The van der Waals surface area contributed by atoms with Crippen molar-refractivity contribution in [3.05, 3.63) is 52.8 Å². The van der Waals surface area contributed by atoms with Gasteiger partial charge in [0.05, 0.1) is 23.9 Å². The lowest BCUT2D eigenvalue weighted by Gasteiger charge is -2.27. The van der Waals surface area contributed by atoms with Crippen LogP contribution in [0.2, 0.25) is 0 Å². The summed E-state index contributed by atoms with van der Waals surface area (Å²) in [6.45, 7) is 4.67. The first-order chi connectivity index (χ1) is 17.3. The van der Waals surface area contributed by atoms with E-state index in [-0.39, 0.29) is 52.5 Å². The zero-order valence-electron chi connectivity index (χ0n) is 19.8. The SMILES string of the molecule is CCN1CC[C@H](C(=O)NCc2cc(F)ccc2N(c2ccc3c(c2C(=O)O)OC[C@@H]2C[C@H]32)S(=O)O)C1. The molecule has 2 fully saturated rings. The number of halogens is 1. The van der Waals surface area contributed by atoms with Gasteiger partial charge in [-0.05, 0) is 67.2 Å². The third-order valence-electron chi connectivity index (χ3n) is 7.32. The molecule has 192 valence electrons. The first-order valence-corrected chi connectivity index (χ1v) is 13.1. The number of ether oxygens (including phenoxy) is 1. The summed E-state index contributed by atoms with van der Waals surface area (Å²) in [5.74, 6) is -1.45. The molecular weight excluding hydrogens is 489 g/mol. The average molecular weight is 518 g/mol. The second-order valence-corrected chi connectivity index (χ2v) is 10.3. The second-order valence-electron chi connectivity index (χ2n) is 9.49. The number of anilines is 2. The minimum atomic E-state index is -2.70. The van der Waals surface area contributed by atoms with Gasteiger partial charge in [-0.25, -0.2) is 17.7 Å². The Hall–Kier alpha value is -3.02. The fourth-order valence-electron chi connectivity index (χ4n) is 5.27. The van der Waals surface area contributed by atoms with Crippen molar-refractivity contribution < 1.29 is 32.6 Å². The molecule has 4 atom stereocenters. The lowest BCUT2D eigenvalue weighted by atomic mass is 9.99. The highest BCUT2D eigenvalue weighted by molar-refractivity contribution is 7.81. The third-order valence-corrected chi connectivity index (χ3v) is 8.03. The first kappa shape index (κ1) is 24.7. The number of carboxylic acid groups (broad SMARTS) is 1. The van der Waals surface area contributed by atoms with Crippen LogP contribution in [0.1, 0.15) is 47.2 Å². The molecule has 2 aromatic rings. The minimum absolute atomic E-state index is 0.0465. The van der Waals surface area contributed by atoms with Crippen LogP contribution in [-0.2, 0) is 22.6 Å². The van der Waals surface area contributed by atoms with Crippen LogP contribution < -0.4 is 14.4 Å². The van der Waals surface area contributed by atoms with Crippen molar-refractivity contribution >= 4 is 34.5 Å². The van der Waals surface area contributed by atoms with Crippen LogP contribution in [0.25, 0.3) is 0 Å². The molecule has 1 saturated carbocycles. The molecule has 1 unspecified atom stereocenters. The maximum Gasteiger partial charge on any atom is 0.341 e. The van der Waals surface area contributed by atoms with Gasteiger partial charge in [-0.1, -0.05) is 13.0 Å². The summed E-state index contributed by atoms with van der Waals surface area (Å²) in [6, 6.07) is 6.82. The van der Waals surface area contributed by atoms with Crippen molar-refractivity contribution in [3.8, 4) is 5.75 Å². The molecule has 11 heteroatoms. The molecule has 1 aliphatic carbocycles. The van der Waals surface area contributed by atoms with Crippen LogP contribution in [0.15, 0.2) is 30.3 Å². The second kappa shape index (κ2) is 9.79. The third kappa shape index (κ3) is 4.58. The van der Waals surface area contributed by atoms with Crippen LogP contribution in [0.4, 0.5) is 15.8 Å². The number of amides is 1. The highest BCUT2D eigenvalue weighted by atomic mass is 32.2. The van der Waals surface area contributed by atoms with Gasteiger partial charge in [-0.15, -0.1) is 0 Å². The molecule has 5 rings (SSSR count). The molecule has 0 bridgehead atoms. The Morgan fingerprint density at radius 2 is 2.06 bits per heavy atom. The van der Waals surface area contributed by atoms with Gasteiger partial charge in [0, 0.05) is 19.0 Å². The molecule has 2 heterocycles. The molecule has 0 radical (unpaired) electrons. The number of carboxylic acids is 1. The zero-order valence-corrected chi connectivity index (χ0v) is 20.6. The lowest BCUT2D eigenvalue weighted by Crippen LogP contribution is -2.33. The molecule has 0 spiro atoms. The molecular formula is C25H28FN3O6S. The number of carbonyl (C=O) groups is 2. The number of likely N-dealkylation sites (tertiary alicyclic amines) is 1. The Bertz CT molecular complexity index is 1240. The number of benzene rings is 2. The number of aromatic carboxylic acids is 1. The van der Waals surface area contributed by atoms with Gasteiger partial charge in [0.15, 0.2) is 0 Å². The predicted octanol–water partition coefficient (Wildman–Crippen LogP) is 3.25. The van der Waals surface area contributed by atoms with E-state index in [0.717, 1.165) is 41.9 Å². The Balaban J connectivity index is 1.48. The maximum absolute atomic E-state index is 14.2. The largest absolute Gasteiger partial charge is 0.492 e. The lowest BCUT2D eigenvalue weighted by molar-refractivity contribution is -0.124. The Kier molecular flexibility index (Phi) is 6.71. The van der Waals surface area contributed by atoms with Gasteiger partial charge in [-0.3, -0.25) is 9.35 Å². The van der Waals surface area contributed by atoms with Gasteiger partial charge >= 0.3 is 5.97 Å². The molecule has 1 saturated heterocycles. The Labute approximate surface area is 210 Å². The average Bonchev–Trinajstić information content (AvgIpc) is 3.49. The van der Waals surface area contributed by atoms with E-state index in [4.69, 9.17) is 4.74 Å². The zero-order chi connectivity index (χ0) is 25.6. The molecule has 36 heavy (non-hydrogen) atoms. The molecule has 3 N–H and O–H groups in total. The predicted molar refractivity (Wildman–Crippen MR) is 131 cm³/mol. The minimum Gasteiger partial charge on any atom is -0.492 e. The van der Waals surface area contributed by atoms with Gasteiger partial charge in [-0.2, -0.15) is 0 Å². The standard InChI is InChI=1S/C25H28FN3O6S/c1-2-28-8-7-14(12-28)24(30)27-11-15-9-17(26)3-5-20(15)29(36(33)34)21-6-4-18-19-10-16(19)13-35-23(18)22(21)25(31)32/h3-6,9,14,16,19H,2,7-8,10-13H2,1H3,(H,27,30)(H,31,32)(H,33,34)/t14-,16-,19-/m0/s1. The monoisotopic (exact) mass is 517 g/mol. The van der Waals surface area contributed by atoms with Gasteiger partial charge < -0.3 is 20.1 Å². The van der Waals surface area contributed by atoms with Crippen molar-refractivity contribution in [3.63, 3.8) is 0 Å². The molecule has 3 aliphatic rings. The number of rotatable bonds is 8. The van der Waals surface area contributed by atoms with Crippen LogP contribution in [0.3, 0.4) is 0 Å². The number of nitrogens with zero attached hydrogens (tertiary/aromatic N) is 2. The summed E-state index contributed by atoms with van der Waals surface area (Å²) in [5, 5.41) is 12.9. The normalized spacial score (nSPS) is 23.2. The van der Waals surface area contributed by atoms with Crippen LogP contribution >= 0.6 is 0 Å². The van der Waals surface area contributed by atoms with E-state index < -0.39 is 23.1 Å². The van der Waals surface area contributed by atoms with Crippen LogP contribution in [0, 0.1) is 17.7 Å². The van der Waals surface area contributed by atoms with Gasteiger partial charge in [0.2, 0.25) is 5.91 Å². The van der Waals surface area contributed by atoms with E-state index in [1.165, 1.54) is 18.2 Å². The number of hydrogen-bond acceptors (Lipinski definition) is 5. The first-order valence-electron chi connectivity index (χ1n) is 12.0. The summed E-state index contributed by atoms with van der Waals surface area (Å²) in [4.78, 5) is 27.2. The summed E-state index contributed by atoms with van der Waals surface area (Å²) >= 11 is -2.70. The summed E-state index contributed by atoms with van der Waals surface area (Å²) in [7, 11) is 0. The van der Waals surface area contributed by atoms with E-state index in [0.29, 0.717) is 19.1 Å². The van der Waals surface area contributed by atoms with Crippen molar-refractivity contribution in [2.75, 3.05) is 30.5 Å². The van der Waals surface area contributed by atoms with E-state index in [1.807, 2.05) is 6.92 Å². The maximum atomic E-state index is 14.2.